The van der Waals surface area contributed by atoms with Crippen LogP contribution in [0.3, 0.4) is 0 Å². The molecule has 0 aromatic heterocycles. The van der Waals surface area contributed by atoms with Crippen LogP contribution in [0.25, 0.3) is 0 Å². The number of hydrogen-bond donors (Lipinski definition) is 3. The third kappa shape index (κ3) is 6.75. The minimum Gasteiger partial charge on any atom is -0.480 e. The number of nitrogens with one attached hydrogen (secondary N) is 2. The Hall–Kier alpha value is -2.57. The summed E-state index contributed by atoms with van der Waals surface area (Å²) in [7, 11) is 0. The number of aliphatic carboxylic acids is 1. The monoisotopic (exact) mass is 417 g/mol. The van der Waals surface area contributed by atoms with Crippen LogP contribution < -0.4 is 10.6 Å². The average Bonchev–Trinajstić information content (AvgIpc) is 2.71. The number of hydrogen-bond acceptors (Lipinski definition) is 3. The van der Waals surface area contributed by atoms with Crippen LogP contribution in [-0.4, -0.2) is 46.5 Å². The van der Waals surface area contributed by atoms with Crippen LogP contribution >= 0.6 is 0 Å². The molecule has 7 heteroatoms. The van der Waals surface area contributed by atoms with Gasteiger partial charge in [-0.25, -0.2) is 9.59 Å². The molecule has 0 radical (unpaired) electrons. The van der Waals surface area contributed by atoms with Crippen molar-refractivity contribution in [2.75, 3.05) is 18.4 Å². The molecule has 7 nitrogen and oxygen atoms in total. The highest BCUT2D eigenvalue weighted by Gasteiger charge is 2.37. The molecule has 1 fully saturated rings. The summed E-state index contributed by atoms with van der Waals surface area (Å²) >= 11 is 0. The zero-order valence-electron chi connectivity index (χ0n) is 18.4. The van der Waals surface area contributed by atoms with Gasteiger partial charge >= 0.3 is 12.0 Å². The van der Waals surface area contributed by atoms with E-state index in [0.717, 1.165) is 36.9 Å². The first-order chi connectivity index (χ1) is 14.2. The molecule has 1 aliphatic rings. The van der Waals surface area contributed by atoms with Crippen LogP contribution in [0.15, 0.2) is 24.3 Å². The Morgan fingerprint density at radius 3 is 2.47 bits per heavy atom. The molecule has 2 rings (SSSR count). The minimum absolute atomic E-state index is 0.175. The molecule has 3 N–H and O–H groups in total. The van der Waals surface area contributed by atoms with Gasteiger partial charge in [0.15, 0.2) is 0 Å². The Morgan fingerprint density at radius 2 is 1.87 bits per heavy atom. The lowest BCUT2D eigenvalue weighted by atomic mass is 9.90. The molecule has 30 heavy (non-hydrogen) atoms. The zero-order valence-corrected chi connectivity index (χ0v) is 18.4. The number of carboxylic acid groups (broad SMARTS) is 1. The second kappa shape index (κ2) is 11.0. The van der Waals surface area contributed by atoms with Gasteiger partial charge in [-0.2, -0.15) is 0 Å². The van der Waals surface area contributed by atoms with E-state index in [0.29, 0.717) is 32.4 Å². The molecule has 0 saturated carbocycles. The summed E-state index contributed by atoms with van der Waals surface area (Å²) < 4.78 is 0. The van der Waals surface area contributed by atoms with Crippen molar-refractivity contribution in [2.45, 2.75) is 71.3 Å². The molecule has 1 atom stereocenters. The van der Waals surface area contributed by atoms with Crippen molar-refractivity contribution in [3.8, 4) is 0 Å². The quantitative estimate of drug-likeness (QED) is 0.525. The van der Waals surface area contributed by atoms with Crippen LogP contribution in [0.1, 0.15) is 64.4 Å². The summed E-state index contributed by atoms with van der Waals surface area (Å²) in [4.78, 5) is 38.7. The van der Waals surface area contributed by atoms with Gasteiger partial charge < -0.3 is 20.6 Å². The lowest BCUT2D eigenvalue weighted by molar-refractivity contribution is -0.148. The molecule has 0 bridgehead atoms. The Balaban J connectivity index is 1.84. The third-order valence-corrected chi connectivity index (χ3v) is 5.82. The van der Waals surface area contributed by atoms with E-state index in [-0.39, 0.29) is 17.9 Å². The molecule has 0 aliphatic carbocycles. The molecule has 166 valence electrons. The van der Waals surface area contributed by atoms with E-state index >= 15 is 0 Å². The molecule has 1 heterocycles. The SMILES string of the molecule is CCCCCCC(C)(NC(=O)C1CCN(C(=O)Nc2cccc(C)c2)CC1)C(=O)O. The van der Waals surface area contributed by atoms with E-state index in [1.807, 2.05) is 31.2 Å². The first kappa shape index (κ1) is 23.7. The van der Waals surface area contributed by atoms with Gasteiger partial charge in [-0.3, -0.25) is 4.79 Å². The van der Waals surface area contributed by atoms with Crippen molar-refractivity contribution in [2.24, 2.45) is 5.92 Å². The fourth-order valence-electron chi connectivity index (χ4n) is 3.77. The number of unbranched alkanes of at least 4 members (excludes halogenated alkanes) is 3. The van der Waals surface area contributed by atoms with Gasteiger partial charge in [0.2, 0.25) is 5.91 Å². The van der Waals surface area contributed by atoms with Gasteiger partial charge in [0.25, 0.3) is 0 Å². The molecule has 1 aliphatic heterocycles. The molecular weight excluding hydrogens is 382 g/mol. The number of anilines is 1. The number of amides is 3. The fourth-order valence-corrected chi connectivity index (χ4v) is 3.77. The summed E-state index contributed by atoms with van der Waals surface area (Å²) in [6.07, 6.45) is 5.35. The second-order valence-electron chi connectivity index (χ2n) is 8.50. The predicted molar refractivity (Wildman–Crippen MR) is 117 cm³/mol. The summed E-state index contributed by atoms with van der Waals surface area (Å²) in [5, 5.41) is 15.3. The normalized spacial score (nSPS) is 16.6. The standard InChI is InChI=1S/C23H35N3O4/c1-4-5-6-7-13-23(3,21(28)29)25-20(27)18-11-14-26(15-12-18)22(30)24-19-10-8-9-17(2)16-19/h8-10,16,18H,4-7,11-15H2,1-3H3,(H,24,30)(H,25,27)(H,28,29). The Bertz CT molecular complexity index is 744. The van der Waals surface area contributed by atoms with Crippen molar-refractivity contribution in [1.29, 1.82) is 0 Å². The maximum atomic E-state index is 12.7. The van der Waals surface area contributed by atoms with Crippen LogP contribution in [0, 0.1) is 12.8 Å². The van der Waals surface area contributed by atoms with Crippen LogP contribution in [0.4, 0.5) is 10.5 Å². The first-order valence-electron chi connectivity index (χ1n) is 10.9. The van der Waals surface area contributed by atoms with Gasteiger partial charge in [-0.05, 0) is 50.8 Å². The van der Waals surface area contributed by atoms with Crippen molar-refractivity contribution >= 4 is 23.6 Å². The maximum absolute atomic E-state index is 12.7. The summed E-state index contributed by atoms with van der Waals surface area (Å²) in [5.41, 5.74) is 0.573. The number of carbonyl (C=O) groups excluding carboxylic acids is 2. The third-order valence-electron chi connectivity index (χ3n) is 5.82. The number of carboxylic acids is 1. The lowest BCUT2D eigenvalue weighted by Gasteiger charge is -2.34. The van der Waals surface area contributed by atoms with Gasteiger partial charge in [0, 0.05) is 24.7 Å². The number of aryl methyl sites for hydroxylation is 1. The highest BCUT2D eigenvalue weighted by Crippen LogP contribution is 2.22. The topological polar surface area (TPSA) is 98.7 Å². The molecule has 0 spiro atoms. The average molecular weight is 418 g/mol. The fraction of sp³-hybridized carbons (Fsp3) is 0.609. The molecule has 1 aromatic rings. The van der Waals surface area contributed by atoms with Gasteiger partial charge in [0.05, 0.1) is 0 Å². The first-order valence-corrected chi connectivity index (χ1v) is 10.9. The molecular formula is C23H35N3O4. The number of piperidine rings is 1. The van der Waals surface area contributed by atoms with Crippen LogP contribution in [0.2, 0.25) is 0 Å². The summed E-state index contributed by atoms with van der Waals surface area (Å²) in [6.45, 7) is 6.59. The van der Waals surface area contributed by atoms with Crippen LogP contribution in [-0.2, 0) is 9.59 Å². The summed E-state index contributed by atoms with van der Waals surface area (Å²) in [5.74, 6) is -1.50. The lowest BCUT2D eigenvalue weighted by Crippen LogP contribution is -2.55. The Morgan fingerprint density at radius 1 is 1.17 bits per heavy atom. The maximum Gasteiger partial charge on any atom is 0.329 e. The van der Waals surface area contributed by atoms with Gasteiger partial charge in [0.1, 0.15) is 5.54 Å². The summed E-state index contributed by atoms with van der Waals surface area (Å²) in [6, 6.07) is 7.44. The van der Waals surface area contributed by atoms with E-state index in [9.17, 15) is 19.5 Å². The van der Waals surface area contributed by atoms with E-state index in [1.165, 1.54) is 0 Å². The Kier molecular flexibility index (Phi) is 8.69. The highest BCUT2D eigenvalue weighted by atomic mass is 16.4. The molecule has 3 amide bonds. The van der Waals surface area contributed by atoms with Crippen molar-refractivity contribution in [3.63, 3.8) is 0 Å². The van der Waals surface area contributed by atoms with Crippen molar-refractivity contribution in [3.05, 3.63) is 29.8 Å². The van der Waals surface area contributed by atoms with E-state index < -0.39 is 11.5 Å². The number of nitrogens with zero attached hydrogens (tertiary/aromatic N) is 1. The zero-order chi connectivity index (χ0) is 22.1. The molecule has 1 aromatic carbocycles. The molecule has 1 saturated heterocycles. The van der Waals surface area contributed by atoms with E-state index in [1.54, 1.807) is 11.8 Å². The smallest absolute Gasteiger partial charge is 0.329 e. The number of likely N-dealkylation sites (tertiary alicyclic amines) is 1. The largest absolute Gasteiger partial charge is 0.480 e. The van der Waals surface area contributed by atoms with Crippen LogP contribution in [0.5, 0.6) is 0 Å². The van der Waals surface area contributed by atoms with Gasteiger partial charge in [-0.1, -0.05) is 44.7 Å². The number of benzene rings is 1. The minimum atomic E-state index is -1.25. The Labute approximate surface area is 179 Å². The van der Waals surface area contributed by atoms with E-state index in [4.69, 9.17) is 0 Å². The number of carbonyl (C=O) groups is 3. The van der Waals surface area contributed by atoms with Gasteiger partial charge in [-0.15, -0.1) is 0 Å². The van der Waals surface area contributed by atoms with Crippen molar-refractivity contribution in [1.82, 2.24) is 10.2 Å². The van der Waals surface area contributed by atoms with E-state index in [2.05, 4.69) is 17.6 Å². The number of rotatable bonds is 9. The second-order valence-corrected chi connectivity index (χ2v) is 8.50. The van der Waals surface area contributed by atoms with Crippen molar-refractivity contribution < 1.29 is 19.5 Å². The number of urea groups is 1. The predicted octanol–water partition coefficient (Wildman–Crippen LogP) is 4.17. The highest BCUT2D eigenvalue weighted by molar-refractivity contribution is 5.90. The molecule has 1 unspecified atom stereocenters.